The van der Waals surface area contributed by atoms with E-state index in [9.17, 15) is 13.9 Å². The van der Waals surface area contributed by atoms with Crippen molar-refractivity contribution in [3.63, 3.8) is 0 Å². The molecule has 0 aromatic heterocycles. The van der Waals surface area contributed by atoms with E-state index in [0.717, 1.165) is 0 Å². The fourth-order valence-electron chi connectivity index (χ4n) is 1.79. The zero-order valence-electron chi connectivity index (χ0n) is 10.7. The summed E-state index contributed by atoms with van der Waals surface area (Å²) in [5.41, 5.74) is 0.810. The highest BCUT2D eigenvalue weighted by Gasteiger charge is 2.11. The third-order valence-corrected chi connectivity index (χ3v) is 3.18. The minimum absolute atomic E-state index is 0.0297. The third kappa shape index (κ3) is 3.46. The number of aliphatic hydroxyl groups is 1. The molecule has 0 heterocycles. The van der Waals surface area contributed by atoms with E-state index < -0.39 is 17.7 Å². The normalized spacial score (nSPS) is 12.2. The molecule has 0 fully saturated rings. The third-order valence-electron chi connectivity index (χ3n) is 2.81. The maximum absolute atomic E-state index is 13.2. The Balaban J connectivity index is 2.20. The van der Waals surface area contributed by atoms with E-state index in [4.69, 9.17) is 16.3 Å². The van der Waals surface area contributed by atoms with E-state index in [1.54, 1.807) is 0 Å². The van der Waals surface area contributed by atoms with E-state index in [2.05, 4.69) is 0 Å². The van der Waals surface area contributed by atoms with Gasteiger partial charge >= 0.3 is 0 Å². The lowest BCUT2D eigenvalue weighted by Gasteiger charge is -2.14. The van der Waals surface area contributed by atoms with Crippen LogP contribution >= 0.6 is 11.6 Å². The zero-order valence-corrected chi connectivity index (χ0v) is 11.5. The number of ether oxygens (including phenoxy) is 1. The van der Waals surface area contributed by atoms with E-state index in [1.165, 1.54) is 43.3 Å². The molecule has 1 N–H and O–H groups in total. The number of rotatable bonds is 4. The van der Waals surface area contributed by atoms with Gasteiger partial charge in [0.2, 0.25) is 0 Å². The van der Waals surface area contributed by atoms with Gasteiger partial charge in [0.15, 0.2) is 0 Å². The largest absolute Gasteiger partial charge is 0.488 e. The topological polar surface area (TPSA) is 29.5 Å². The molecule has 0 bridgehead atoms. The second-order valence-electron chi connectivity index (χ2n) is 4.38. The monoisotopic (exact) mass is 298 g/mol. The predicted molar refractivity (Wildman–Crippen MR) is 72.8 cm³/mol. The van der Waals surface area contributed by atoms with Gasteiger partial charge in [-0.15, -0.1) is 0 Å². The van der Waals surface area contributed by atoms with Crippen LogP contribution in [0.4, 0.5) is 8.78 Å². The smallest absolute Gasteiger partial charge is 0.125 e. The van der Waals surface area contributed by atoms with Gasteiger partial charge in [0.1, 0.15) is 24.0 Å². The van der Waals surface area contributed by atoms with Gasteiger partial charge in [0.05, 0.1) is 6.10 Å². The molecule has 0 unspecified atom stereocenters. The highest BCUT2D eigenvalue weighted by atomic mass is 35.5. The van der Waals surface area contributed by atoms with Crippen LogP contribution in [0.2, 0.25) is 5.02 Å². The summed E-state index contributed by atoms with van der Waals surface area (Å²) in [6.45, 7) is 1.54. The molecular weight excluding hydrogens is 286 g/mol. The van der Waals surface area contributed by atoms with Crippen LogP contribution in [0.5, 0.6) is 5.75 Å². The lowest BCUT2D eigenvalue weighted by molar-refractivity contribution is 0.189. The fourth-order valence-corrected chi connectivity index (χ4v) is 1.96. The highest BCUT2D eigenvalue weighted by molar-refractivity contribution is 6.31. The number of hydrogen-bond acceptors (Lipinski definition) is 2. The molecule has 0 saturated heterocycles. The predicted octanol–water partition coefficient (Wildman–Crippen LogP) is 4.25. The van der Waals surface area contributed by atoms with E-state index >= 15 is 0 Å². The first-order valence-electron chi connectivity index (χ1n) is 6.01. The molecule has 2 nitrogen and oxygen atoms in total. The maximum Gasteiger partial charge on any atom is 0.125 e. The summed E-state index contributed by atoms with van der Waals surface area (Å²) in [6, 6.07) is 7.82. The van der Waals surface area contributed by atoms with Crippen molar-refractivity contribution >= 4 is 11.6 Å². The van der Waals surface area contributed by atoms with E-state index in [1.807, 2.05) is 0 Å². The van der Waals surface area contributed by atoms with Gasteiger partial charge in [-0.3, -0.25) is 0 Å². The number of aliphatic hydroxyl groups excluding tert-OH is 1. The molecule has 2 rings (SSSR count). The van der Waals surface area contributed by atoms with Gasteiger partial charge in [0, 0.05) is 16.1 Å². The lowest BCUT2D eigenvalue weighted by Crippen LogP contribution is -2.02. The molecule has 0 aliphatic heterocycles. The minimum atomic E-state index is -0.872. The molecular formula is C15H13ClF2O2. The van der Waals surface area contributed by atoms with Crippen LogP contribution in [0.25, 0.3) is 0 Å². The summed E-state index contributed by atoms with van der Waals surface area (Å²) in [6.07, 6.45) is -0.872. The Morgan fingerprint density at radius 1 is 1.15 bits per heavy atom. The number of halogens is 3. The van der Waals surface area contributed by atoms with Crippen LogP contribution in [0, 0.1) is 11.6 Å². The molecule has 0 radical (unpaired) electrons. The first-order valence-corrected chi connectivity index (χ1v) is 6.39. The van der Waals surface area contributed by atoms with Crippen LogP contribution in [-0.2, 0) is 6.61 Å². The van der Waals surface area contributed by atoms with Gasteiger partial charge in [-0.2, -0.15) is 0 Å². The van der Waals surface area contributed by atoms with Gasteiger partial charge in [-0.05, 0) is 43.3 Å². The molecule has 0 spiro atoms. The molecule has 1 atom stereocenters. The molecule has 0 saturated carbocycles. The molecule has 20 heavy (non-hydrogen) atoms. The Bertz CT molecular complexity index is 615. The van der Waals surface area contributed by atoms with Crippen LogP contribution in [0.15, 0.2) is 36.4 Å². The van der Waals surface area contributed by atoms with Crippen molar-refractivity contribution in [2.24, 2.45) is 0 Å². The maximum atomic E-state index is 13.2. The average Bonchev–Trinajstić information content (AvgIpc) is 2.40. The van der Waals surface area contributed by atoms with Crippen LogP contribution in [0.3, 0.4) is 0 Å². The van der Waals surface area contributed by atoms with Crippen molar-refractivity contribution in [2.45, 2.75) is 19.6 Å². The molecule has 0 aliphatic rings. The Hall–Kier alpha value is -1.65. The Morgan fingerprint density at radius 2 is 1.80 bits per heavy atom. The highest BCUT2D eigenvalue weighted by Crippen LogP contribution is 2.27. The van der Waals surface area contributed by atoms with Gasteiger partial charge in [-0.25, -0.2) is 8.78 Å². The number of benzene rings is 2. The summed E-state index contributed by atoms with van der Waals surface area (Å²) in [4.78, 5) is 0. The summed E-state index contributed by atoms with van der Waals surface area (Å²) in [7, 11) is 0. The van der Waals surface area contributed by atoms with E-state index in [-0.39, 0.29) is 6.61 Å². The molecule has 2 aromatic rings. The second kappa shape index (κ2) is 6.20. The summed E-state index contributed by atoms with van der Waals surface area (Å²) in [5.74, 6) is -0.540. The summed E-state index contributed by atoms with van der Waals surface area (Å²) < 4.78 is 31.8. The van der Waals surface area contributed by atoms with Crippen molar-refractivity contribution in [3.05, 3.63) is 64.2 Å². The van der Waals surface area contributed by atoms with Gasteiger partial charge in [0.25, 0.3) is 0 Å². The minimum Gasteiger partial charge on any atom is -0.488 e. The standard InChI is InChI=1S/C15H13ClF2O2/c1-9(19)13-7-12(18)3-5-15(13)20-8-10-6-11(17)2-4-14(10)16/h2-7,9,19H,8H2,1H3/t9-/m1/s1. The second-order valence-corrected chi connectivity index (χ2v) is 4.79. The summed E-state index contributed by atoms with van der Waals surface area (Å²) in [5, 5.41) is 9.97. The van der Waals surface area contributed by atoms with E-state index in [0.29, 0.717) is 21.9 Å². The number of hydrogen-bond donors (Lipinski definition) is 1. The summed E-state index contributed by atoms with van der Waals surface area (Å²) >= 11 is 5.93. The lowest BCUT2D eigenvalue weighted by atomic mass is 10.1. The molecule has 5 heteroatoms. The average molecular weight is 299 g/mol. The van der Waals surface area contributed by atoms with Crippen molar-refractivity contribution < 1.29 is 18.6 Å². The molecule has 106 valence electrons. The quantitative estimate of drug-likeness (QED) is 0.914. The first kappa shape index (κ1) is 14.8. The van der Waals surface area contributed by atoms with Crippen molar-refractivity contribution in [2.75, 3.05) is 0 Å². The van der Waals surface area contributed by atoms with Gasteiger partial charge in [-0.1, -0.05) is 11.6 Å². The fraction of sp³-hybridized carbons (Fsp3) is 0.200. The van der Waals surface area contributed by atoms with Crippen molar-refractivity contribution in [1.82, 2.24) is 0 Å². The van der Waals surface area contributed by atoms with Crippen LogP contribution in [0.1, 0.15) is 24.2 Å². The van der Waals surface area contributed by atoms with Gasteiger partial charge < -0.3 is 9.84 Å². The Labute approximate surface area is 120 Å². The first-order chi connectivity index (χ1) is 9.47. The Kier molecular flexibility index (Phi) is 4.57. The molecule has 2 aromatic carbocycles. The van der Waals surface area contributed by atoms with Crippen molar-refractivity contribution in [1.29, 1.82) is 0 Å². The van der Waals surface area contributed by atoms with Crippen LogP contribution in [-0.4, -0.2) is 5.11 Å². The van der Waals surface area contributed by atoms with Crippen molar-refractivity contribution in [3.8, 4) is 5.75 Å². The molecule has 0 aliphatic carbocycles. The zero-order chi connectivity index (χ0) is 14.7. The molecule has 0 amide bonds. The van der Waals surface area contributed by atoms with Crippen LogP contribution < -0.4 is 4.74 Å². The SMILES string of the molecule is C[C@@H](O)c1cc(F)ccc1OCc1cc(F)ccc1Cl. The Morgan fingerprint density at radius 3 is 2.50 bits per heavy atom.